The number of nitrogens with zero attached hydrogens (tertiary/aromatic N) is 1. The van der Waals surface area contributed by atoms with Gasteiger partial charge in [0.05, 0.1) is 5.56 Å². The molecule has 182 valence electrons. The molecule has 2 aromatic carbocycles. The van der Waals surface area contributed by atoms with Crippen LogP contribution in [-0.2, 0) is 16.1 Å². The van der Waals surface area contributed by atoms with Crippen LogP contribution < -0.4 is 16.2 Å². The first-order valence-corrected chi connectivity index (χ1v) is 10.6. The third-order valence-electron chi connectivity index (χ3n) is 5.02. The number of nitrogens with two attached hydrogens (primary N) is 2. The number of halogens is 1. The quantitative estimate of drug-likeness (QED) is 0.243. The van der Waals surface area contributed by atoms with Gasteiger partial charge >= 0.3 is 5.97 Å². The lowest BCUT2D eigenvalue weighted by Crippen LogP contribution is -2.23. The van der Waals surface area contributed by atoms with Crippen molar-refractivity contribution in [2.75, 3.05) is 20.2 Å². The minimum absolute atomic E-state index is 0.167. The molecule has 0 atom stereocenters. The predicted molar refractivity (Wildman–Crippen MR) is 127 cm³/mol. The number of likely N-dealkylation sites (N-methyl/N-ethyl adjacent to an activating group) is 1. The average molecular weight is 472 g/mol. The van der Waals surface area contributed by atoms with Gasteiger partial charge in [-0.15, -0.1) is 0 Å². The number of ether oxygens (including phenoxy) is 2. The molecule has 8 nitrogen and oxygen atoms in total. The van der Waals surface area contributed by atoms with Gasteiger partial charge in [0, 0.05) is 30.0 Å². The summed E-state index contributed by atoms with van der Waals surface area (Å²) in [4.78, 5) is 23.5. The van der Waals surface area contributed by atoms with Crippen molar-refractivity contribution in [1.82, 2.24) is 4.90 Å². The number of carbonyl (C=O) groups is 2. The number of carboxylic acids is 1. The number of rotatable bonds is 12. The van der Waals surface area contributed by atoms with Crippen molar-refractivity contribution in [2.45, 2.75) is 20.4 Å². The number of carboxylic acid groups (broad SMARTS) is 1. The summed E-state index contributed by atoms with van der Waals surface area (Å²) in [6, 6.07) is 9.16. The molecule has 0 aliphatic heterocycles. The molecule has 2 rings (SSSR count). The van der Waals surface area contributed by atoms with Gasteiger partial charge in [-0.3, -0.25) is 9.69 Å². The van der Waals surface area contributed by atoms with Crippen LogP contribution in [0, 0.1) is 11.7 Å². The van der Waals surface area contributed by atoms with Crippen LogP contribution in [0.1, 0.15) is 35.3 Å². The standard InChI is InChI=1S/C25H30FN3O5/c1-16(2)22(27)8-9-23(28)17-4-6-19(7-5-17)34-24-13-20(25(31)32)21(26)12-18(24)14-29(3)10-11-33-15-30/h4-9,12-13,15-16H,10-11,14,27-28H2,1-3H3,(H,31,32)/b22-8-,23-9-. The first kappa shape index (κ1) is 26.4. The van der Waals surface area contributed by atoms with E-state index < -0.39 is 17.3 Å². The molecule has 0 aliphatic carbocycles. The number of carbonyl (C=O) groups excluding carboxylic acids is 1. The molecule has 34 heavy (non-hydrogen) atoms. The van der Waals surface area contributed by atoms with Crippen molar-refractivity contribution in [3.05, 3.63) is 76.8 Å². The Morgan fingerprint density at radius 2 is 1.85 bits per heavy atom. The van der Waals surface area contributed by atoms with E-state index in [0.29, 0.717) is 35.7 Å². The summed E-state index contributed by atoms with van der Waals surface area (Å²) in [5.41, 5.74) is 14.0. The van der Waals surface area contributed by atoms with E-state index in [0.717, 1.165) is 17.7 Å². The van der Waals surface area contributed by atoms with Gasteiger partial charge in [0.25, 0.3) is 6.47 Å². The zero-order chi connectivity index (χ0) is 25.3. The molecule has 9 heteroatoms. The minimum Gasteiger partial charge on any atom is -0.478 e. The molecule has 2 aromatic rings. The lowest BCUT2D eigenvalue weighted by molar-refractivity contribution is -0.129. The summed E-state index contributed by atoms with van der Waals surface area (Å²) in [5, 5.41) is 9.30. The summed E-state index contributed by atoms with van der Waals surface area (Å²) in [5.74, 6) is -1.44. The number of benzene rings is 2. The smallest absolute Gasteiger partial charge is 0.338 e. The Hall–Kier alpha value is -3.85. The molecule has 0 bridgehead atoms. The average Bonchev–Trinajstić information content (AvgIpc) is 2.79. The maximum atomic E-state index is 14.3. The second-order valence-corrected chi connectivity index (χ2v) is 8.02. The largest absolute Gasteiger partial charge is 0.478 e. The molecule has 0 aromatic heterocycles. The van der Waals surface area contributed by atoms with Gasteiger partial charge in [0.1, 0.15) is 23.9 Å². The van der Waals surface area contributed by atoms with Gasteiger partial charge in [0.15, 0.2) is 0 Å². The Morgan fingerprint density at radius 3 is 2.44 bits per heavy atom. The molecule has 0 spiro atoms. The SMILES string of the molecule is CC(C)/C(N)=C/C=C(\N)c1ccc(Oc2cc(C(=O)O)c(F)cc2CN(C)CCOC=O)cc1. The van der Waals surface area contributed by atoms with E-state index in [1.165, 1.54) is 0 Å². The molecular formula is C25H30FN3O5. The van der Waals surface area contributed by atoms with Crippen LogP contribution in [0.15, 0.2) is 54.2 Å². The molecule has 5 N–H and O–H groups in total. The molecule has 0 fully saturated rings. The first-order valence-electron chi connectivity index (χ1n) is 10.6. The van der Waals surface area contributed by atoms with Gasteiger partial charge in [-0.25, -0.2) is 9.18 Å². The van der Waals surface area contributed by atoms with Crippen LogP contribution in [0.2, 0.25) is 0 Å². The highest BCUT2D eigenvalue weighted by Crippen LogP contribution is 2.30. The van der Waals surface area contributed by atoms with Gasteiger partial charge in [0.2, 0.25) is 0 Å². The third-order valence-corrected chi connectivity index (χ3v) is 5.02. The number of hydrogen-bond donors (Lipinski definition) is 3. The lowest BCUT2D eigenvalue weighted by Gasteiger charge is -2.19. The van der Waals surface area contributed by atoms with Crippen molar-refractivity contribution in [2.24, 2.45) is 17.4 Å². The molecule has 0 aliphatic rings. The van der Waals surface area contributed by atoms with Crippen LogP contribution >= 0.6 is 0 Å². The highest BCUT2D eigenvalue weighted by atomic mass is 19.1. The summed E-state index contributed by atoms with van der Waals surface area (Å²) in [6.07, 6.45) is 3.49. The fourth-order valence-corrected chi connectivity index (χ4v) is 2.92. The van der Waals surface area contributed by atoms with Gasteiger partial charge in [-0.2, -0.15) is 0 Å². The molecular weight excluding hydrogens is 441 g/mol. The monoisotopic (exact) mass is 471 g/mol. The van der Waals surface area contributed by atoms with Crippen LogP contribution in [-0.4, -0.2) is 42.6 Å². The highest BCUT2D eigenvalue weighted by Gasteiger charge is 2.18. The van der Waals surface area contributed by atoms with Crippen molar-refractivity contribution in [3.63, 3.8) is 0 Å². The predicted octanol–water partition coefficient (Wildman–Crippen LogP) is 3.72. The number of hydrogen-bond acceptors (Lipinski definition) is 7. The van der Waals surface area contributed by atoms with Gasteiger partial charge < -0.3 is 26.0 Å². The van der Waals surface area contributed by atoms with E-state index in [1.807, 2.05) is 13.8 Å². The highest BCUT2D eigenvalue weighted by molar-refractivity contribution is 5.88. The first-order chi connectivity index (χ1) is 16.1. The van der Waals surface area contributed by atoms with Crippen LogP contribution in [0.4, 0.5) is 4.39 Å². The molecule has 0 heterocycles. The van der Waals surface area contributed by atoms with Crippen LogP contribution in [0.5, 0.6) is 11.5 Å². The normalized spacial score (nSPS) is 12.2. The zero-order valence-corrected chi connectivity index (χ0v) is 19.5. The van der Waals surface area contributed by atoms with E-state index in [1.54, 1.807) is 48.4 Å². The second-order valence-electron chi connectivity index (χ2n) is 8.02. The van der Waals surface area contributed by atoms with E-state index in [-0.39, 0.29) is 24.8 Å². The van der Waals surface area contributed by atoms with Crippen LogP contribution in [0.25, 0.3) is 5.70 Å². The fourth-order valence-electron chi connectivity index (χ4n) is 2.92. The van der Waals surface area contributed by atoms with Crippen LogP contribution in [0.3, 0.4) is 0 Å². The molecule has 0 saturated heterocycles. The van der Waals surface area contributed by atoms with E-state index in [4.69, 9.17) is 16.2 Å². The van der Waals surface area contributed by atoms with Crippen molar-refractivity contribution in [3.8, 4) is 11.5 Å². The van der Waals surface area contributed by atoms with Crippen molar-refractivity contribution in [1.29, 1.82) is 0 Å². The number of allylic oxidation sites excluding steroid dienone is 3. The second kappa shape index (κ2) is 12.4. The minimum atomic E-state index is -1.40. The topological polar surface area (TPSA) is 128 Å². The molecule has 0 amide bonds. The Morgan fingerprint density at radius 1 is 1.18 bits per heavy atom. The van der Waals surface area contributed by atoms with E-state index in [9.17, 15) is 19.1 Å². The van der Waals surface area contributed by atoms with Gasteiger partial charge in [-0.1, -0.05) is 13.8 Å². The Bertz CT molecular complexity index is 1060. The maximum absolute atomic E-state index is 14.3. The Labute approximate surface area is 198 Å². The summed E-state index contributed by atoms with van der Waals surface area (Å²) < 4.78 is 24.9. The molecule has 0 saturated carbocycles. The maximum Gasteiger partial charge on any atom is 0.338 e. The Balaban J connectivity index is 2.27. The van der Waals surface area contributed by atoms with Crippen molar-refractivity contribution >= 4 is 18.1 Å². The number of aromatic carboxylic acids is 1. The van der Waals surface area contributed by atoms with E-state index >= 15 is 0 Å². The zero-order valence-electron chi connectivity index (χ0n) is 19.5. The Kier molecular flexibility index (Phi) is 9.63. The summed E-state index contributed by atoms with van der Waals surface area (Å²) in [6.45, 7) is 5.13. The third kappa shape index (κ3) is 7.63. The lowest BCUT2D eigenvalue weighted by atomic mass is 10.1. The van der Waals surface area contributed by atoms with Crippen molar-refractivity contribution < 1.29 is 28.6 Å². The summed E-state index contributed by atoms with van der Waals surface area (Å²) >= 11 is 0. The van der Waals surface area contributed by atoms with Gasteiger partial charge in [-0.05, 0) is 67.1 Å². The summed E-state index contributed by atoms with van der Waals surface area (Å²) in [7, 11) is 1.76. The molecule has 0 unspecified atom stereocenters. The molecule has 0 radical (unpaired) electrons. The fraction of sp³-hybridized carbons (Fsp3) is 0.280. The van der Waals surface area contributed by atoms with E-state index in [2.05, 4.69) is 4.74 Å².